The first-order chi connectivity index (χ1) is 16.0. The highest BCUT2D eigenvalue weighted by molar-refractivity contribution is 5.72. The number of aromatic nitrogens is 2. The van der Waals surface area contributed by atoms with Crippen molar-refractivity contribution < 1.29 is 17.6 Å². The third kappa shape index (κ3) is 4.62. The molecule has 0 amide bonds. The largest absolute Gasteiger partial charge is 0.417 e. The minimum Gasteiger partial charge on any atom is -0.416 e. The minimum atomic E-state index is -4.54. The third-order valence-corrected chi connectivity index (χ3v) is 5.98. The van der Waals surface area contributed by atoms with Crippen LogP contribution < -0.4 is 10.6 Å². The average Bonchev–Trinajstić information content (AvgIpc) is 3.35. The Balaban J connectivity index is 1.45. The summed E-state index contributed by atoms with van der Waals surface area (Å²) in [4.78, 5) is 0. The van der Waals surface area contributed by atoms with E-state index in [1.807, 2.05) is 30.3 Å². The van der Waals surface area contributed by atoms with Gasteiger partial charge in [-0.15, -0.1) is 10.2 Å². The van der Waals surface area contributed by atoms with Gasteiger partial charge in [-0.1, -0.05) is 30.4 Å². The number of halogens is 3. The lowest BCUT2D eigenvalue weighted by molar-refractivity contribution is -0.137. The fourth-order valence-electron chi connectivity index (χ4n) is 4.21. The van der Waals surface area contributed by atoms with Crippen molar-refractivity contribution in [3.8, 4) is 22.9 Å². The molecule has 0 saturated heterocycles. The number of hydrogen-bond donors (Lipinski definition) is 2. The number of nitrogens with one attached hydrogen (secondary N) is 2. The molecule has 2 aliphatic heterocycles. The van der Waals surface area contributed by atoms with Gasteiger partial charge in [0.15, 0.2) is 0 Å². The lowest BCUT2D eigenvalue weighted by Gasteiger charge is -2.17. The van der Waals surface area contributed by atoms with Gasteiger partial charge in [-0.05, 0) is 72.5 Å². The van der Waals surface area contributed by atoms with Crippen LogP contribution in [0, 0.1) is 0 Å². The van der Waals surface area contributed by atoms with Crippen LogP contribution in [0.3, 0.4) is 0 Å². The van der Waals surface area contributed by atoms with Crippen molar-refractivity contribution in [2.75, 3.05) is 26.2 Å². The molecule has 0 aliphatic carbocycles. The van der Waals surface area contributed by atoms with E-state index in [4.69, 9.17) is 4.42 Å². The highest BCUT2D eigenvalue weighted by Crippen LogP contribution is 2.39. The van der Waals surface area contributed by atoms with Crippen LogP contribution in [0.5, 0.6) is 0 Å². The first kappa shape index (κ1) is 21.6. The molecule has 2 aromatic carbocycles. The van der Waals surface area contributed by atoms with Crippen LogP contribution in [0.15, 0.2) is 59.0 Å². The van der Waals surface area contributed by atoms with E-state index in [2.05, 4.69) is 26.9 Å². The van der Waals surface area contributed by atoms with Crippen LogP contribution in [0.4, 0.5) is 13.2 Å². The van der Waals surface area contributed by atoms with Gasteiger partial charge >= 0.3 is 6.18 Å². The molecule has 0 fully saturated rings. The van der Waals surface area contributed by atoms with E-state index in [1.165, 1.54) is 17.7 Å². The van der Waals surface area contributed by atoms with E-state index < -0.39 is 11.7 Å². The van der Waals surface area contributed by atoms with Crippen molar-refractivity contribution >= 4 is 11.1 Å². The second-order valence-electron chi connectivity index (χ2n) is 8.11. The molecule has 5 nitrogen and oxygen atoms in total. The highest BCUT2D eigenvalue weighted by Gasteiger charge is 2.35. The second kappa shape index (κ2) is 8.96. The van der Waals surface area contributed by atoms with Gasteiger partial charge in [-0.2, -0.15) is 13.2 Å². The van der Waals surface area contributed by atoms with Gasteiger partial charge in [-0.3, -0.25) is 0 Å². The van der Waals surface area contributed by atoms with Crippen LogP contribution in [0.25, 0.3) is 34.1 Å². The number of benzene rings is 2. The molecule has 170 valence electrons. The van der Waals surface area contributed by atoms with Crippen LogP contribution in [-0.2, 0) is 6.18 Å². The Labute approximate surface area is 189 Å². The maximum absolute atomic E-state index is 13.9. The Morgan fingerprint density at radius 3 is 1.91 bits per heavy atom. The van der Waals surface area contributed by atoms with Crippen LogP contribution in [-0.4, -0.2) is 36.4 Å². The van der Waals surface area contributed by atoms with Gasteiger partial charge in [0.1, 0.15) is 0 Å². The molecule has 5 rings (SSSR count). The van der Waals surface area contributed by atoms with Crippen molar-refractivity contribution in [1.82, 2.24) is 20.8 Å². The third-order valence-electron chi connectivity index (χ3n) is 5.98. The first-order valence-electron chi connectivity index (χ1n) is 10.9. The Morgan fingerprint density at radius 1 is 0.727 bits per heavy atom. The van der Waals surface area contributed by atoms with Gasteiger partial charge in [0.2, 0.25) is 11.8 Å². The lowest BCUT2D eigenvalue weighted by Crippen LogP contribution is -2.20. The Kier molecular flexibility index (Phi) is 5.86. The summed E-state index contributed by atoms with van der Waals surface area (Å²) in [5.74, 6) is 0.0439. The smallest absolute Gasteiger partial charge is 0.416 e. The Morgan fingerprint density at radius 2 is 1.30 bits per heavy atom. The summed E-state index contributed by atoms with van der Waals surface area (Å²) < 4.78 is 47.4. The summed E-state index contributed by atoms with van der Waals surface area (Å²) in [6, 6.07) is 11.9. The molecule has 3 heterocycles. The number of hydrogen-bond acceptors (Lipinski definition) is 5. The first-order valence-corrected chi connectivity index (χ1v) is 10.9. The number of rotatable bonds is 4. The molecule has 0 atom stereocenters. The number of nitrogens with zero attached hydrogens (tertiary/aromatic N) is 2. The number of alkyl halides is 3. The summed E-state index contributed by atoms with van der Waals surface area (Å²) in [6.45, 7) is 3.18. The van der Waals surface area contributed by atoms with E-state index in [1.54, 1.807) is 6.07 Å². The predicted octanol–water partition coefficient (Wildman–Crippen LogP) is 5.18. The van der Waals surface area contributed by atoms with Crippen molar-refractivity contribution in [3.63, 3.8) is 0 Å². The average molecular weight is 452 g/mol. The quantitative estimate of drug-likeness (QED) is 0.572. The monoisotopic (exact) mass is 452 g/mol. The fraction of sp³-hybridized carbons (Fsp3) is 0.280. The van der Waals surface area contributed by atoms with E-state index in [9.17, 15) is 13.2 Å². The van der Waals surface area contributed by atoms with Crippen LogP contribution in [0.1, 0.15) is 29.5 Å². The van der Waals surface area contributed by atoms with Crippen molar-refractivity contribution in [3.05, 3.63) is 71.3 Å². The molecule has 0 bridgehead atoms. The zero-order valence-electron chi connectivity index (χ0n) is 17.9. The summed E-state index contributed by atoms with van der Waals surface area (Å²) in [5, 5.41) is 14.4. The summed E-state index contributed by atoms with van der Waals surface area (Å²) in [7, 11) is 0. The van der Waals surface area contributed by atoms with Crippen molar-refractivity contribution in [1.29, 1.82) is 0 Å². The fourth-order valence-corrected chi connectivity index (χ4v) is 4.21. The lowest BCUT2D eigenvalue weighted by atomic mass is 9.95. The molecular weight excluding hydrogens is 429 g/mol. The zero-order chi connectivity index (χ0) is 22.8. The normalized spacial score (nSPS) is 16.9. The summed E-state index contributed by atoms with van der Waals surface area (Å²) >= 11 is 0. The van der Waals surface area contributed by atoms with Crippen molar-refractivity contribution in [2.45, 2.75) is 19.0 Å². The van der Waals surface area contributed by atoms with Gasteiger partial charge in [0.05, 0.1) is 11.1 Å². The molecular formula is C25H23F3N4O. The standard InChI is InChI=1S/C25H23F3N4O/c26-25(27,28)22-15-20(18-9-13-30-14-10-18)5-6-21(22)24-32-31-23(33-24)19-3-1-16(2-4-19)17-7-11-29-12-8-17/h1-7,9,15,29-30H,8,10-14H2. The van der Waals surface area contributed by atoms with E-state index in [0.29, 0.717) is 24.1 Å². The van der Waals surface area contributed by atoms with Crippen LogP contribution in [0.2, 0.25) is 0 Å². The predicted molar refractivity (Wildman–Crippen MR) is 121 cm³/mol. The molecule has 1 aromatic heterocycles. The maximum atomic E-state index is 13.9. The summed E-state index contributed by atoms with van der Waals surface area (Å²) in [5.41, 5.74) is 3.62. The molecule has 8 heteroatoms. The maximum Gasteiger partial charge on any atom is 0.417 e. The molecule has 0 radical (unpaired) electrons. The SMILES string of the molecule is FC(F)(F)c1cc(C2=CCNCC2)ccc1-c1nnc(-c2ccc(C3=CCNCC3)cc2)o1. The van der Waals surface area contributed by atoms with Crippen LogP contribution >= 0.6 is 0 Å². The summed E-state index contributed by atoms with van der Waals surface area (Å²) in [6.07, 6.45) is 1.18. The van der Waals surface area contributed by atoms with Gasteiger partial charge in [0, 0.05) is 18.7 Å². The molecule has 3 aromatic rings. The second-order valence-corrected chi connectivity index (χ2v) is 8.11. The van der Waals surface area contributed by atoms with Crippen molar-refractivity contribution in [2.24, 2.45) is 0 Å². The molecule has 33 heavy (non-hydrogen) atoms. The molecule has 2 N–H and O–H groups in total. The topological polar surface area (TPSA) is 63.0 Å². The van der Waals surface area contributed by atoms with E-state index in [-0.39, 0.29) is 17.3 Å². The molecule has 0 spiro atoms. The minimum absolute atomic E-state index is 0.115. The van der Waals surface area contributed by atoms with Gasteiger partial charge in [0.25, 0.3) is 0 Å². The Hall–Kier alpha value is -3.23. The van der Waals surface area contributed by atoms with Gasteiger partial charge in [-0.25, -0.2) is 0 Å². The Bertz CT molecular complexity index is 1210. The van der Waals surface area contributed by atoms with E-state index >= 15 is 0 Å². The van der Waals surface area contributed by atoms with Gasteiger partial charge < -0.3 is 15.1 Å². The molecule has 2 aliphatic rings. The van der Waals surface area contributed by atoms with E-state index in [0.717, 1.165) is 37.2 Å². The molecule has 0 saturated carbocycles. The highest BCUT2D eigenvalue weighted by atomic mass is 19.4. The molecule has 0 unspecified atom stereocenters. The zero-order valence-corrected chi connectivity index (χ0v) is 17.9.